The average molecular weight is 491 g/mol. The quantitative estimate of drug-likeness (QED) is 0.637. The molecule has 3 aliphatic rings. The van der Waals surface area contributed by atoms with Crippen molar-refractivity contribution in [3.05, 3.63) is 28.4 Å². The highest BCUT2D eigenvalue weighted by Gasteiger charge is 2.26. The smallest absolute Gasteiger partial charge is 0.253 e. The molecule has 3 saturated heterocycles. The first kappa shape index (κ1) is 21.1. The third-order valence-electron chi connectivity index (χ3n) is 6.05. The number of morpholine rings is 1. The fourth-order valence-electron chi connectivity index (χ4n) is 4.13. The number of carbonyl (C=O) groups is 1. The molecular formula is C22H27BrN4O4. The number of hydrogen-bond acceptors (Lipinski definition) is 7. The Morgan fingerprint density at radius 2 is 2.06 bits per heavy atom. The minimum Gasteiger partial charge on any atom is -0.372 e. The van der Waals surface area contributed by atoms with Gasteiger partial charge in [0.25, 0.3) is 5.91 Å². The predicted octanol–water partition coefficient (Wildman–Crippen LogP) is 2.99. The van der Waals surface area contributed by atoms with E-state index in [1.807, 2.05) is 17.0 Å². The van der Waals surface area contributed by atoms with Crippen LogP contribution < -0.4 is 4.90 Å². The molecule has 2 unspecified atom stereocenters. The lowest BCUT2D eigenvalue weighted by atomic mass is 10.1. The zero-order valence-corrected chi connectivity index (χ0v) is 19.1. The summed E-state index contributed by atoms with van der Waals surface area (Å²) in [5.74, 6) is 0.856. The second-order valence-corrected chi connectivity index (χ2v) is 9.12. The Morgan fingerprint density at radius 3 is 2.84 bits per heavy atom. The second kappa shape index (κ2) is 9.36. The van der Waals surface area contributed by atoms with Gasteiger partial charge in [-0.15, -0.1) is 0 Å². The number of aromatic nitrogens is 2. The number of ether oxygens (including phenoxy) is 3. The van der Waals surface area contributed by atoms with Gasteiger partial charge in [-0.05, 0) is 53.7 Å². The van der Waals surface area contributed by atoms with Crippen LogP contribution in [0, 0.1) is 0 Å². The van der Waals surface area contributed by atoms with E-state index < -0.39 is 0 Å². The van der Waals surface area contributed by atoms with E-state index in [0.29, 0.717) is 30.8 Å². The molecule has 3 aliphatic heterocycles. The van der Waals surface area contributed by atoms with Crippen molar-refractivity contribution < 1.29 is 19.0 Å². The first-order chi connectivity index (χ1) is 15.2. The van der Waals surface area contributed by atoms with Crippen molar-refractivity contribution in [3.8, 4) is 0 Å². The molecule has 0 spiro atoms. The third kappa shape index (κ3) is 4.69. The van der Waals surface area contributed by atoms with Gasteiger partial charge in [-0.25, -0.2) is 4.98 Å². The van der Waals surface area contributed by atoms with Crippen molar-refractivity contribution in [2.75, 3.05) is 50.9 Å². The van der Waals surface area contributed by atoms with Gasteiger partial charge < -0.3 is 24.0 Å². The monoisotopic (exact) mass is 490 g/mol. The highest BCUT2D eigenvalue weighted by Crippen LogP contribution is 2.27. The highest BCUT2D eigenvalue weighted by molar-refractivity contribution is 9.10. The number of carbonyl (C=O) groups excluding carboxylic acids is 1. The lowest BCUT2D eigenvalue weighted by Gasteiger charge is -2.34. The Kier molecular flexibility index (Phi) is 6.36. The van der Waals surface area contributed by atoms with Crippen LogP contribution in [0.2, 0.25) is 0 Å². The van der Waals surface area contributed by atoms with E-state index in [4.69, 9.17) is 19.2 Å². The summed E-state index contributed by atoms with van der Waals surface area (Å²) in [7, 11) is 0. The largest absolute Gasteiger partial charge is 0.372 e. The lowest BCUT2D eigenvalue weighted by molar-refractivity contribution is -0.180. The van der Waals surface area contributed by atoms with Crippen molar-refractivity contribution in [1.82, 2.24) is 14.9 Å². The van der Waals surface area contributed by atoms with Crippen molar-refractivity contribution in [2.24, 2.45) is 0 Å². The number of amides is 1. The van der Waals surface area contributed by atoms with E-state index in [0.717, 1.165) is 67.7 Å². The van der Waals surface area contributed by atoms with Gasteiger partial charge in [0, 0.05) is 42.8 Å². The summed E-state index contributed by atoms with van der Waals surface area (Å²) >= 11 is 3.59. The van der Waals surface area contributed by atoms with E-state index in [1.54, 1.807) is 6.20 Å². The van der Waals surface area contributed by atoms with Gasteiger partial charge in [0.2, 0.25) is 0 Å². The minimum atomic E-state index is -0.114. The number of fused-ring (bicyclic) bond motifs is 1. The maximum absolute atomic E-state index is 12.6. The minimum absolute atomic E-state index is 0.0308. The molecular weight excluding hydrogens is 464 g/mol. The molecule has 1 amide bonds. The predicted molar refractivity (Wildman–Crippen MR) is 119 cm³/mol. The summed E-state index contributed by atoms with van der Waals surface area (Å²) in [4.78, 5) is 26.0. The summed E-state index contributed by atoms with van der Waals surface area (Å²) in [5.41, 5.74) is 2.12. The van der Waals surface area contributed by atoms with Crippen LogP contribution in [0.5, 0.6) is 0 Å². The molecule has 1 aromatic heterocycles. The molecule has 166 valence electrons. The molecule has 2 atom stereocenters. The van der Waals surface area contributed by atoms with Crippen molar-refractivity contribution in [2.45, 2.75) is 38.1 Å². The molecule has 0 saturated carbocycles. The number of rotatable bonds is 5. The van der Waals surface area contributed by atoms with E-state index in [9.17, 15) is 4.79 Å². The van der Waals surface area contributed by atoms with Crippen LogP contribution in [-0.2, 0) is 14.2 Å². The summed E-state index contributed by atoms with van der Waals surface area (Å²) < 4.78 is 18.2. The first-order valence-corrected chi connectivity index (χ1v) is 11.8. The number of halogens is 1. The standard InChI is InChI=1S/C22H27BrN4O4/c23-17-10-15(22(28)26-5-3-6-26)11-18-21(17)25-19(12-24-18)27-7-9-29-16(13-27)14-31-20-4-1-2-8-30-20/h10-12,16,20H,1-9,13-14H2. The topological polar surface area (TPSA) is 77.0 Å². The molecule has 0 radical (unpaired) electrons. The normalized spacial score (nSPS) is 24.3. The Labute approximate surface area is 190 Å². The third-order valence-corrected chi connectivity index (χ3v) is 6.65. The number of hydrogen-bond donors (Lipinski definition) is 0. The Hall–Kier alpha value is -1.81. The second-order valence-electron chi connectivity index (χ2n) is 8.27. The van der Waals surface area contributed by atoms with Crippen molar-refractivity contribution >= 4 is 38.7 Å². The number of nitrogens with zero attached hydrogens (tertiary/aromatic N) is 4. The van der Waals surface area contributed by atoms with Gasteiger partial charge in [-0.1, -0.05) is 0 Å². The van der Waals surface area contributed by atoms with Gasteiger partial charge in [0.15, 0.2) is 6.29 Å². The highest BCUT2D eigenvalue weighted by atomic mass is 79.9. The van der Waals surface area contributed by atoms with Gasteiger partial charge in [0.05, 0.1) is 31.0 Å². The van der Waals surface area contributed by atoms with Gasteiger partial charge in [-0.2, -0.15) is 0 Å². The van der Waals surface area contributed by atoms with Crippen LogP contribution in [0.25, 0.3) is 11.0 Å². The molecule has 0 bridgehead atoms. The van der Waals surface area contributed by atoms with E-state index in [2.05, 4.69) is 25.8 Å². The fourth-order valence-corrected chi connectivity index (χ4v) is 4.67. The van der Waals surface area contributed by atoms with Gasteiger partial charge >= 0.3 is 0 Å². The number of benzene rings is 1. The van der Waals surface area contributed by atoms with Crippen molar-refractivity contribution in [1.29, 1.82) is 0 Å². The van der Waals surface area contributed by atoms with E-state index in [-0.39, 0.29) is 18.3 Å². The summed E-state index contributed by atoms with van der Waals surface area (Å²) in [5, 5.41) is 0. The molecule has 4 heterocycles. The van der Waals surface area contributed by atoms with E-state index >= 15 is 0 Å². The summed E-state index contributed by atoms with van der Waals surface area (Å²) in [6.07, 6.45) is 5.91. The van der Waals surface area contributed by atoms with Crippen LogP contribution in [0.15, 0.2) is 22.8 Å². The van der Waals surface area contributed by atoms with Crippen molar-refractivity contribution in [3.63, 3.8) is 0 Å². The number of anilines is 1. The van der Waals surface area contributed by atoms with Gasteiger partial charge in [0.1, 0.15) is 11.3 Å². The maximum atomic E-state index is 12.6. The Balaban J connectivity index is 1.27. The van der Waals surface area contributed by atoms with Crippen LogP contribution in [0.3, 0.4) is 0 Å². The number of likely N-dealkylation sites (tertiary alicyclic amines) is 1. The Morgan fingerprint density at radius 1 is 1.16 bits per heavy atom. The molecule has 5 rings (SSSR count). The maximum Gasteiger partial charge on any atom is 0.253 e. The first-order valence-electron chi connectivity index (χ1n) is 11.0. The molecule has 9 heteroatoms. The fraction of sp³-hybridized carbons (Fsp3) is 0.591. The molecule has 1 aromatic carbocycles. The summed E-state index contributed by atoms with van der Waals surface area (Å²) in [6, 6.07) is 3.68. The lowest BCUT2D eigenvalue weighted by Crippen LogP contribution is -2.45. The van der Waals surface area contributed by atoms with Crippen LogP contribution in [0.4, 0.5) is 5.82 Å². The summed E-state index contributed by atoms with van der Waals surface area (Å²) in [6.45, 7) is 4.99. The molecule has 8 nitrogen and oxygen atoms in total. The molecule has 0 aliphatic carbocycles. The molecule has 3 fully saturated rings. The average Bonchev–Trinajstić information content (AvgIpc) is 2.77. The van der Waals surface area contributed by atoms with Crippen LogP contribution in [0.1, 0.15) is 36.0 Å². The SMILES string of the molecule is O=C(c1cc(Br)c2nc(N3CCOC(COC4CCCCO4)C3)cnc2c1)N1CCC1. The van der Waals surface area contributed by atoms with Crippen LogP contribution in [-0.4, -0.2) is 79.2 Å². The Bertz CT molecular complexity index is 948. The molecule has 31 heavy (non-hydrogen) atoms. The van der Waals surface area contributed by atoms with Crippen LogP contribution >= 0.6 is 15.9 Å². The van der Waals surface area contributed by atoms with E-state index in [1.165, 1.54) is 0 Å². The molecule has 2 aromatic rings. The van der Waals surface area contributed by atoms with Gasteiger partial charge in [-0.3, -0.25) is 9.78 Å². The zero-order valence-electron chi connectivity index (χ0n) is 17.5. The zero-order chi connectivity index (χ0) is 21.2. The molecule has 0 N–H and O–H groups in total.